The first-order valence-electron chi connectivity index (χ1n) is 10.5. The molecule has 0 spiro atoms. The molecule has 0 atom stereocenters. The molecule has 0 radical (unpaired) electrons. The van der Waals surface area contributed by atoms with Gasteiger partial charge in [-0.25, -0.2) is 0 Å². The van der Waals surface area contributed by atoms with E-state index in [0.29, 0.717) is 28.0 Å². The van der Waals surface area contributed by atoms with Gasteiger partial charge in [-0.3, -0.25) is 19.6 Å². The van der Waals surface area contributed by atoms with Crippen LogP contribution in [0.3, 0.4) is 0 Å². The lowest BCUT2D eigenvalue weighted by Crippen LogP contribution is -2.32. The van der Waals surface area contributed by atoms with Crippen LogP contribution in [0.5, 0.6) is 0 Å². The molecule has 0 aliphatic rings. The van der Waals surface area contributed by atoms with E-state index in [0.717, 1.165) is 10.8 Å². The van der Waals surface area contributed by atoms with Gasteiger partial charge in [0.15, 0.2) is 0 Å². The maximum absolute atomic E-state index is 13.4. The number of carbonyl (C=O) groups excluding carboxylic acids is 2. The zero-order valence-electron chi connectivity index (χ0n) is 17.6. The summed E-state index contributed by atoms with van der Waals surface area (Å²) < 4.78 is 0. The summed E-state index contributed by atoms with van der Waals surface area (Å²) in [6.07, 6.45) is 3.35. The molecule has 5 aromatic rings. The lowest BCUT2D eigenvalue weighted by molar-refractivity contribution is -0.125. The number of nitrogens with zero attached hydrogens (tertiary/aromatic N) is 2. The first kappa shape index (κ1) is 20.3. The van der Waals surface area contributed by atoms with Crippen molar-refractivity contribution in [1.82, 2.24) is 9.97 Å². The molecule has 0 fully saturated rings. The van der Waals surface area contributed by atoms with E-state index in [-0.39, 0.29) is 0 Å². The Morgan fingerprint density at radius 2 is 1.06 bits per heavy atom. The van der Waals surface area contributed by atoms with Crippen LogP contribution in [0.4, 0.5) is 11.4 Å². The molecule has 2 amide bonds. The number of aromatic nitrogens is 2. The van der Waals surface area contributed by atoms with Crippen LogP contribution in [0.2, 0.25) is 0 Å². The van der Waals surface area contributed by atoms with Crippen LogP contribution in [0.15, 0.2) is 103 Å². The van der Waals surface area contributed by atoms with Crippen LogP contribution >= 0.6 is 0 Å². The summed E-state index contributed by atoms with van der Waals surface area (Å²) in [5.74, 6) is -1.95. The van der Waals surface area contributed by atoms with Crippen molar-refractivity contribution in [3.8, 4) is 0 Å². The Bertz CT molecular complexity index is 1360. The molecule has 0 saturated heterocycles. The van der Waals surface area contributed by atoms with Gasteiger partial charge in [-0.05, 0) is 29.8 Å². The summed E-state index contributed by atoms with van der Waals surface area (Å²) in [5, 5.41) is 7.62. The van der Waals surface area contributed by atoms with E-state index < -0.39 is 17.7 Å². The predicted octanol–water partition coefficient (Wildman–Crippen LogP) is 5.14. The van der Waals surface area contributed by atoms with Gasteiger partial charge in [-0.1, -0.05) is 66.7 Å². The highest BCUT2D eigenvalue weighted by atomic mass is 16.2. The Kier molecular flexibility index (Phi) is 5.47. The molecule has 6 nitrogen and oxygen atoms in total. The Balaban J connectivity index is 1.49. The van der Waals surface area contributed by atoms with Gasteiger partial charge < -0.3 is 10.6 Å². The number of anilines is 2. The van der Waals surface area contributed by atoms with Gasteiger partial charge in [0.1, 0.15) is 5.92 Å². The molecule has 33 heavy (non-hydrogen) atoms. The molecule has 0 aliphatic carbocycles. The lowest BCUT2D eigenvalue weighted by Gasteiger charge is -2.18. The van der Waals surface area contributed by atoms with Crippen LogP contribution in [0.25, 0.3) is 21.8 Å². The fraction of sp³-hybridized carbons (Fsp3) is 0.0370. The van der Waals surface area contributed by atoms with Crippen molar-refractivity contribution >= 4 is 45.0 Å². The minimum Gasteiger partial charge on any atom is -0.323 e. The summed E-state index contributed by atoms with van der Waals surface area (Å²) in [6, 6.07) is 27.6. The van der Waals surface area contributed by atoms with Gasteiger partial charge in [-0.15, -0.1) is 0 Å². The highest BCUT2D eigenvalue weighted by Crippen LogP contribution is 2.26. The first-order chi connectivity index (χ1) is 16.2. The molecule has 5 rings (SSSR count). The van der Waals surface area contributed by atoms with Gasteiger partial charge in [0.2, 0.25) is 11.8 Å². The minimum absolute atomic E-state index is 0.440. The molecule has 2 aromatic heterocycles. The molecule has 2 N–H and O–H groups in total. The molecule has 2 heterocycles. The Morgan fingerprint density at radius 3 is 1.58 bits per heavy atom. The van der Waals surface area contributed by atoms with E-state index in [1.54, 1.807) is 36.7 Å². The summed E-state index contributed by atoms with van der Waals surface area (Å²) in [4.78, 5) is 35.7. The van der Waals surface area contributed by atoms with Gasteiger partial charge in [0.05, 0.1) is 22.4 Å². The molecule has 0 bridgehead atoms. The second-order valence-corrected chi connectivity index (χ2v) is 7.58. The fourth-order valence-electron chi connectivity index (χ4n) is 3.89. The zero-order valence-corrected chi connectivity index (χ0v) is 17.6. The van der Waals surface area contributed by atoms with E-state index in [2.05, 4.69) is 20.6 Å². The Hall–Kier alpha value is -4.58. The second-order valence-electron chi connectivity index (χ2n) is 7.58. The van der Waals surface area contributed by atoms with Gasteiger partial charge in [0, 0.05) is 23.2 Å². The van der Waals surface area contributed by atoms with E-state index in [1.807, 2.05) is 66.7 Å². The van der Waals surface area contributed by atoms with Crippen molar-refractivity contribution in [1.29, 1.82) is 0 Å². The fourth-order valence-corrected chi connectivity index (χ4v) is 3.89. The van der Waals surface area contributed by atoms with E-state index in [9.17, 15) is 9.59 Å². The molecular weight excluding hydrogens is 412 g/mol. The number of nitrogens with one attached hydrogen (secondary N) is 2. The molecule has 160 valence electrons. The Morgan fingerprint density at radius 1 is 0.576 bits per heavy atom. The number of hydrogen-bond acceptors (Lipinski definition) is 4. The minimum atomic E-state index is -1.07. The van der Waals surface area contributed by atoms with Crippen molar-refractivity contribution in [3.63, 3.8) is 0 Å². The smallest absolute Gasteiger partial charge is 0.241 e. The Labute approximate surface area is 190 Å². The number of rotatable bonds is 5. The van der Waals surface area contributed by atoms with Crippen molar-refractivity contribution in [2.75, 3.05) is 10.6 Å². The summed E-state index contributed by atoms with van der Waals surface area (Å²) in [6.45, 7) is 0. The summed E-state index contributed by atoms with van der Waals surface area (Å²) in [5.41, 5.74) is 3.03. The number of benzene rings is 3. The van der Waals surface area contributed by atoms with Crippen LogP contribution < -0.4 is 10.6 Å². The lowest BCUT2D eigenvalue weighted by atomic mass is 9.96. The SMILES string of the molecule is O=C(Nc1cccc2cccnc12)C(C(=O)Nc1cccc2cccnc12)c1ccccc1. The summed E-state index contributed by atoms with van der Waals surface area (Å²) >= 11 is 0. The normalized spacial score (nSPS) is 10.9. The molecule has 0 aliphatic heterocycles. The van der Waals surface area contributed by atoms with Crippen molar-refractivity contribution < 1.29 is 9.59 Å². The summed E-state index contributed by atoms with van der Waals surface area (Å²) in [7, 11) is 0. The van der Waals surface area contributed by atoms with E-state index >= 15 is 0 Å². The number of amides is 2. The third-order valence-electron chi connectivity index (χ3n) is 5.44. The average molecular weight is 432 g/mol. The van der Waals surface area contributed by atoms with Crippen molar-refractivity contribution in [2.24, 2.45) is 0 Å². The standard InChI is InChI=1S/C27H20N4O2/c32-26(30-21-14-4-10-19-12-6-16-28-24(19)21)23(18-8-2-1-3-9-18)27(33)31-22-15-5-11-20-13-7-17-29-25(20)22/h1-17,23H,(H,30,32)(H,31,33). The third-order valence-corrected chi connectivity index (χ3v) is 5.44. The van der Waals surface area contributed by atoms with Crippen LogP contribution in [-0.4, -0.2) is 21.8 Å². The van der Waals surface area contributed by atoms with E-state index in [4.69, 9.17) is 0 Å². The van der Waals surface area contributed by atoms with Crippen LogP contribution in [0, 0.1) is 0 Å². The number of hydrogen-bond donors (Lipinski definition) is 2. The van der Waals surface area contributed by atoms with Crippen molar-refractivity contribution in [3.05, 3.63) is 109 Å². The first-order valence-corrected chi connectivity index (χ1v) is 10.5. The average Bonchev–Trinajstić information content (AvgIpc) is 2.85. The largest absolute Gasteiger partial charge is 0.323 e. The highest BCUT2D eigenvalue weighted by molar-refractivity contribution is 6.17. The topological polar surface area (TPSA) is 84.0 Å². The maximum atomic E-state index is 13.4. The highest BCUT2D eigenvalue weighted by Gasteiger charge is 2.29. The van der Waals surface area contributed by atoms with Crippen molar-refractivity contribution in [2.45, 2.75) is 5.92 Å². The number of fused-ring (bicyclic) bond motifs is 2. The number of carbonyl (C=O) groups is 2. The number of para-hydroxylation sites is 2. The third kappa shape index (κ3) is 4.14. The molecule has 3 aromatic carbocycles. The molecule has 6 heteroatoms. The van der Waals surface area contributed by atoms with Crippen LogP contribution in [0.1, 0.15) is 11.5 Å². The molecule has 0 saturated carbocycles. The zero-order chi connectivity index (χ0) is 22.6. The molecular formula is C27H20N4O2. The monoisotopic (exact) mass is 432 g/mol. The maximum Gasteiger partial charge on any atom is 0.241 e. The van der Waals surface area contributed by atoms with Gasteiger partial charge >= 0.3 is 0 Å². The second kappa shape index (κ2) is 8.88. The molecule has 0 unspecified atom stereocenters. The van der Waals surface area contributed by atoms with Gasteiger partial charge in [0.25, 0.3) is 0 Å². The van der Waals surface area contributed by atoms with Gasteiger partial charge in [-0.2, -0.15) is 0 Å². The predicted molar refractivity (Wildman–Crippen MR) is 130 cm³/mol. The number of pyridine rings is 2. The van der Waals surface area contributed by atoms with Crippen LogP contribution in [-0.2, 0) is 9.59 Å². The quantitative estimate of drug-likeness (QED) is 0.377. The van der Waals surface area contributed by atoms with E-state index in [1.165, 1.54) is 0 Å².